The van der Waals surface area contributed by atoms with Crippen LogP contribution in [0.5, 0.6) is 5.75 Å². The highest BCUT2D eigenvalue weighted by Crippen LogP contribution is 2.23. The Morgan fingerprint density at radius 3 is 2.09 bits per heavy atom. The lowest BCUT2D eigenvalue weighted by Gasteiger charge is -2.19. The molecule has 10 heteroatoms. The molecule has 0 amide bonds. The van der Waals surface area contributed by atoms with Gasteiger partial charge in [-0.05, 0) is 58.7 Å². The molecule has 0 atom stereocenters. The second-order valence-corrected chi connectivity index (χ2v) is 8.99. The van der Waals surface area contributed by atoms with E-state index >= 15 is 0 Å². The number of thiocarbonyl (C=S) groups is 1. The van der Waals surface area contributed by atoms with Crippen molar-refractivity contribution < 1.29 is 28.1 Å². The summed E-state index contributed by atoms with van der Waals surface area (Å²) in [7, 11) is 0. The molecule has 1 aromatic heterocycles. The van der Waals surface area contributed by atoms with Gasteiger partial charge in [-0.15, -0.1) is 0 Å². The summed E-state index contributed by atoms with van der Waals surface area (Å²) in [4.78, 5) is 10.5. The predicted molar refractivity (Wildman–Crippen MR) is 131 cm³/mol. The number of non-ortho nitro benzene ring substituents is 1. The number of anilines is 1. The summed E-state index contributed by atoms with van der Waals surface area (Å²) >= 11 is 5.54. The van der Waals surface area contributed by atoms with E-state index in [1.807, 2.05) is 12.1 Å². The van der Waals surface area contributed by atoms with Crippen LogP contribution in [-0.2, 0) is 5.41 Å². The third-order valence-electron chi connectivity index (χ3n) is 5.06. The number of benzene rings is 2. The van der Waals surface area contributed by atoms with Crippen LogP contribution in [0.3, 0.4) is 0 Å². The number of alkyl halides is 2. The van der Waals surface area contributed by atoms with Gasteiger partial charge in [0.1, 0.15) is 5.75 Å². The lowest BCUT2D eigenvalue weighted by molar-refractivity contribution is -0.577. The molecule has 1 N–H and O–H groups in total. The number of nitro groups is 1. The van der Waals surface area contributed by atoms with Crippen LogP contribution in [0, 0.1) is 10.1 Å². The molecule has 0 aliphatic heterocycles. The van der Waals surface area contributed by atoms with E-state index in [1.54, 1.807) is 17.0 Å². The SMILES string of the molecule is CC(C)(C)c1cc[n+](C(C(=S)Nc2ccc(OC(F)F)cc2)=C([O-])c2ccc([N+](=O)[O-])cc2)cc1. The van der Waals surface area contributed by atoms with E-state index in [-0.39, 0.29) is 33.1 Å². The van der Waals surface area contributed by atoms with Crippen LogP contribution in [0.2, 0.25) is 0 Å². The highest BCUT2D eigenvalue weighted by molar-refractivity contribution is 7.81. The van der Waals surface area contributed by atoms with Crippen molar-refractivity contribution in [2.45, 2.75) is 32.8 Å². The lowest BCUT2D eigenvalue weighted by Crippen LogP contribution is -2.40. The maximum Gasteiger partial charge on any atom is 0.387 e. The quantitative estimate of drug-likeness (QED) is 0.124. The van der Waals surface area contributed by atoms with Crippen LogP contribution in [-0.4, -0.2) is 16.5 Å². The first-order valence-electron chi connectivity index (χ1n) is 10.5. The zero-order chi connectivity index (χ0) is 25.8. The van der Waals surface area contributed by atoms with Crippen molar-refractivity contribution in [3.05, 3.63) is 94.3 Å². The minimum absolute atomic E-state index is 0.0187. The number of nitro benzene ring substituents is 1. The predicted octanol–water partition coefficient (Wildman–Crippen LogP) is 4.91. The third kappa shape index (κ3) is 6.57. The van der Waals surface area contributed by atoms with Gasteiger partial charge in [-0.3, -0.25) is 10.1 Å². The number of aromatic nitrogens is 1. The zero-order valence-electron chi connectivity index (χ0n) is 19.2. The second-order valence-electron chi connectivity index (χ2n) is 8.58. The number of hydrogen-bond donors (Lipinski definition) is 1. The summed E-state index contributed by atoms with van der Waals surface area (Å²) in [6, 6.07) is 14.7. The van der Waals surface area contributed by atoms with Crippen molar-refractivity contribution in [3.63, 3.8) is 0 Å². The Labute approximate surface area is 206 Å². The van der Waals surface area contributed by atoms with Crippen molar-refractivity contribution in [1.29, 1.82) is 0 Å². The second kappa shape index (κ2) is 10.6. The van der Waals surface area contributed by atoms with E-state index in [0.29, 0.717) is 5.69 Å². The average Bonchev–Trinajstić information content (AvgIpc) is 2.80. The maximum atomic E-state index is 13.5. The van der Waals surface area contributed by atoms with Gasteiger partial charge in [-0.2, -0.15) is 13.3 Å². The van der Waals surface area contributed by atoms with Crippen LogP contribution in [0.4, 0.5) is 20.2 Å². The fraction of sp³-hybridized carbons (Fsp3) is 0.200. The Kier molecular flexibility index (Phi) is 7.75. The summed E-state index contributed by atoms with van der Waals surface area (Å²) in [6.07, 6.45) is 3.43. The molecule has 3 rings (SSSR count). The number of halogens is 2. The Hall–Kier alpha value is -3.92. The highest BCUT2D eigenvalue weighted by atomic mass is 32.1. The summed E-state index contributed by atoms with van der Waals surface area (Å²) in [5.41, 5.74) is 1.58. The van der Waals surface area contributed by atoms with Gasteiger partial charge in [0, 0.05) is 30.0 Å². The van der Waals surface area contributed by atoms with E-state index in [0.717, 1.165) is 5.56 Å². The number of ether oxygens (including phenoxy) is 1. The highest BCUT2D eigenvalue weighted by Gasteiger charge is 2.22. The van der Waals surface area contributed by atoms with Gasteiger partial charge in [0.2, 0.25) is 5.70 Å². The Morgan fingerprint density at radius 1 is 1.03 bits per heavy atom. The molecular formula is C25H23F2N3O4S. The molecule has 0 spiro atoms. The molecule has 3 aromatic rings. The molecule has 0 saturated heterocycles. The molecule has 0 bridgehead atoms. The Balaban J connectivity index is 2.01. The summed E-state index contributed by atoms with van der Waals surface area (Å²) in [5, 5.41) is 27.4. The number of hydrogen-bond acceptors (Lipinski definition) is 5. The maximum absolute atomic E-state index is 13.5. The first kappa shape index (κ1) is 25.7. The van der Waals surface area contributed by atoms with Gasteiger partial charge in [-0.1, -0.05) is 33.0 Å². The minimum atomic E-state index is -2.94. The molecule has 0 aliphatic rings. The molecule has 0 radical (unpaired) electrons. The molecular weight excluding hydrogens is 476 g/mol. The smallest absolute Gasteiger partial charge is 0.387 e. The lowest BCUT2D eigenvalue weighted by atomic mass is 9.88. The number of nitrogens with zero attached hydrogens (tertiary/aromatic N) is 2. The summed E-state index contributed by atoms with van der Waals surface area (Å²) in [5.74, 6) is -0.474. The molecule has 1 heterocycles. The van der Waals surface area contributed by atoms with Gasteiger partial charge in [0.25, 0.3) is 5.69 Å². The first-order valence-corrected chi connectivity index (χ1v) is 10.9. The standard InChI is InChI=1S/C25H23F2N3O4S/c1-25(2,3)17-12-14-29(15-13-17)21(22(31)16-4-8-19(9-5-16)30(32)33)23(35)28-18-6-10-20(11-7-18)34-24(26)27/h4-15,24H,1-3H3,(H-,28,31,35). The van der Waals surface area contributed by atoms with Crippen molar-refractivity contribution in [3.8, 4) is 5.75 Å². The first-order chi connectivity index (χ1) is 16.5. The van der Waals surface area contributed by atoms with Crippen LogP contribution >= 0.6 is 12.2 Å². The van der Waals surface area contributed by atoms with Crippen molar-refractivity contribution in [2.24, 2.45) is 0 Å². The molecule has 0 fully saturated rings. The average molecular weight is 500 g/mol. The van der Waals surface area contributed by atoms with E-state index in [2.05, 4.69) is 30.8 Å². The van der Waals surface area contributed by atoms with E-state index in [1.165, 1.54) is 48.5 Å². The number of nitrogens with one attached hydrogen (secondary N) is 1. The fourth-order valence-corrected chi connectivity index (χ4v) is 3.51. The molecule has 7 nitrogen and oxygen atoms in total. The third-order valence-corrected chi connectivity index (χ3v) is 5.36. The molecule has 0 unspecified atom stereocenters. The van der Waals surface area contributed by atoms with Crippen molar-refractivity contribution in [1.82, 2.24) is 0 Å². The fourth-order valence-electron chi connectivity index (χ4n) is 3.19. The summed E-state index contributed by atoms with van der Waals surface area (Å²) < 4.78 is 30.7. The van der Waals surface area contributed by atoms with Crippen molar-refractivity contribution in [2.75, 3.05) is 5.32 Å². The molecule has 2 aromatic carbocycles. The van der Waals surface area contributed by atoms with Gasteiger partial charge in [-0.25, -0.2) is 0 Å². The number of pyridine rings is 1. The zero-order valence-corrected chi connectivity index (χ0v) is 20.0. The van der Waals surface area contributed by atoms with Crippen LogP contribution in [0.15, 0.2) is 73.1 Å². The van der Waals surface area contributed by atoms with E-state index < -0.39 is 17.3 Å². The molecule has 35 heavy (non-hydrogen) atoms. The van der Waals surface area contributed by atoms with Crippen molar-refractivity contribution >= 4 is 40.0 Å². The van der Waals surface area contributed by atoms with Gasteiger partial charge >= 0.3 is 6.61 Å². The monoisotopic (exact) mass is 499 g/mol. The molecule has 0 saturated carbocycles. The van der Waals surface area contributed by atoms with Gasteiger partial charge in [0.15, 0.2) is 17.4 Å². The molecule has 0 aliphatic carbocycles. The largest absolute Gasteiger partial charge is 0.867 e. The Bertz CT molecular complexity index is 1240. The van der Waals surface area contributed by atoms with Crippen LogP contribution in [0.1, 0.15) is 31.9 Å². The molecule has 182 valence electrons. The summed E-state index contributed by atoms with van der Waals surface area (Å²) in [6.45, 7) is 3.24. The van der Waals surface area contributed by atoms with E-state index in [9.17, 15) is 24.0 Å². The van der Waals surface area contributed by atoms with Gasteiger partial charge < -0.3 is 15.2 Å². The Morgan fingerprint density at radius 2 is 1.60 bits per heavy atom. The normalized spacial score (nSPS) is 12.2. The van der Waals surface area contributed by atoms with Gasteiger partial charge in [0.05, 0.1) is 4.92 Å². The van der Waals surface area contributed by atoms with E-state index in [4.69, 9.17) is 12.2 Å². The number of rotatable bonds is 7. The topological polar surface area (TPSA) is 91.3 Å². The van der Waals surface area contributed by atoms with Crippen LogP contribution in [0.25, 0.3) is 11.5 Å². The van der Waals surface area contributed by atoms with Crippen LogP contribution < -0.4 is 19.7 Å². The minimum Gasteiger partial charge on any atom is -0.867 e.